The van der Waals surface area contributed by atoms with Crippen molar-refractivity contribution < 1.29 is 19.4 Å². The van der Waals surface area contributed by atoms with E-state index in [1.54, 1.807) is 4.90 Å². The first-order chi connectivity index (χ1) is 8.86. The van der Waals surface area contributed by atoms with E-state index in [-0.39, 0.29) is 23.6 Å². The Balaban J connectivity index is 1.77. The topological polar surface area (TPSA) is 78.9 Å². The third-order valence-electron chi connectivity index (χ3n) is 4.36. The van der Waals surface area contributed by atoms with Crippen molar-refractivity contribution >= 4 is 12.0 Å². The molecule has 6 nitrogen and oxygen atoms in total. The van der Waals surface area contributed by atoms with Gasteiger partial charge in [0.2, 0.25) is 0 Å². The first-order valence-corrected chi connectivity index (χ1v) is 6.76. The molecule has 2 fully saturated rings. The van der Waals surface area contributed by atoms with Crippen LogP contribution in [0.4, 0.5) is 4.79 Å². The normalized spacial score (nSPS) is 29.3. The third kappa shape index (κ3) is 2.54. The van der Waals surface area contributed by atoms with Gasteiger partial charge in [0.1, 0.15) is 0 Å². The lowest BCUT2D eigenvalue weighted by Crippen LogP contribution is -2.65. The molecule has 1 aliphatic carbocycles. The summed E-state index contributed by atoms with van der Waals surface area (Å²) in [4.78, 5) is 24.2. The van der Waals surface area contributed by atoms with Crippen LogP contribution in [-0.4, -0.2) is 53.8 Å². The van der Waals surface area contributed by atoms with Crippen LogP contribution in [-0.2, 0) is 9.53 Å². The first kappa shape index (κ1) is 14.1. The van der Waals surface area contributed by atoms with Crippen LogP contribution in [0.5, 0.6) is 0 Å². The second kappa shape index (κ2) is 5.00. The monoisotopic (exact) mass is 270 g/mol. The summed E-state index contributed by atoms with van der Waals surface area (Å²) >= 11 is 0. The van der Waals surface area contributed by atoms with Gasteiger partial charge in [-0.15, -0.1) is 0 Å². The van der Waals surface area contributed by atoms with Crippen LogP contribution in [0.15, 0.2) is 0 Å². The zero-order valence-corrected chi connectivity index (χ0v) is 11.7. The molecular formula is C13H22N2O4. The second-order valence-corrected chi connectivity index (χ2v) is 5.94. The zero-order valence-electron chi connectivity index (χ0n) is 11.7. The Hall–Kier alpha value is -1.30. The molecule has 0 aromatic heterocycles. The average molecular weight is 270 g/mol. The quantitative estimate of drug-likeness (QED) is 0.796. The standard InChI is InChI=1S/C13H22N2O4/c1-4-19-10-5-9(13(10,2)3)14-12(18)15-6-8(7-15)11(16)17/h8-10H,4-7H2,1-3H3,(H,14,18)(H,16,17). The van der Waals surface area contributed by atoms with Gasteiger partial charge in [0.15, 0.2) is 0 Å². The highest BCUT2D eigenvalue weighted by molar-refractivity contribution is 5.80. The van der Waals surface area contributed by atoms with Crippen LogP contribution in [0.25, 0.3) is 0 Å². The van der Waals surface area contributed by atoms with Crippen molar-refractivity contribution in [3.63, 3.8) is 0 Å². The Morgan fingerprint density at radius 2 is 2.05 bits per heavy atom. The number of ether oxygens (including phenoxy) is 1. The fourth-order valence-electron chi connectivity index (χ4n) is 2.66. The SMILES string of the molecule is CCOC1CC(NC(=O)N2CC(C(=O)O)C2)C1(C)C. The van der Waals surface area contributed by atoms with E-state index in [2.05, 4.69) is 19.2 Å². The van der Waals surface area contributed by atoms with Crippen molar-refractivity contribution in [1.82, 2.24) is 10.2 Å². The summed E-state index contributed by atoms with van der Waals surface area (Å²) in [6.07, 6.45) is 1.01. The number of amides is 2. The summed E-state index contributed by atoms with van der Waals surface area (Å²) in [5, 5.41) is 11.7. The molecule has 1 saturated heterocycles. The van der Waals surface area contributed by atoms with Crippen molar-refractivity contribution in [1.29, 1.82) is 0 Å². The van der Waals surface area contributed by atoms with E-state index in [1.165, 1.54) is 0 Å². The number of urea groups is 1. The van der Waals surface area contributed by atoms with E-state index < -0.39 is 11.9 Å². The lowest BCUT2D eigenvalue weighted by atomic mass is 9.64. The number of carbonyl (C=O) groups excluding carboxylic acids is 1. The Bertz CT molecular complexity index is 377. The maximum absolute atomic E-state index is 11.9. The number of carbonyl (C=O) groups is 2. The van der Waals surface area contributed by atoms with Crippen molar-refractivity contribution in [2.45, 2.75) is 39.3 Å². The van der Waals surface area contributed by atoms with Gasteiger partial charge in [-0.2, -0.15) is 0 Å². The van der Waals surface area contributed by atoms with Crippen molar-refractivity contribution in [2.75, 3.05) is 19.7 Å². The van der Waals surface area contributed by atoms with E-state index in [0.29, 0.717) is 19.7 Å². The van der Waals surface area contributed by atoms with Gasteiger partial charge in [0.25, 0.3) is 0 Å². The zero-order chi connectivity index (χ0) is 14.2. The van der Waals surface area contributed by atoms with Crippen LogP contribution >= 0.6 is 0 Å². The number of carboxylic acid groups (broad SMARTS) is 1. The van der Waals surface area contributed by atoms with Crippen LogP contribution in [0.2, 0.25) is 0 Å². The summed E-state index contributed by atoms with van der Waals surface area (Å²) in [5.74, 6) is -1.24. The van der Waals surface area contributed by atoms with E-state index >= 15 is 0 Å². The predicted molar refractivity (Wildman–Crippen MR) is 68.8 cm³/mol. The van der Waals surface area contributed by atoms with E-state index in [4.69, 9.17) is 9.84 Å². The first-order valence-electron chi connectivity index (χ1n) is 6.76. The van der Waals surface area contributed by atoms with Crippen LogP contribution < -0.4 is 5.32 Å². The Morgan fingerprint density at radius 3 is 2.53 bits per heavy atom. The number of aliphatic carboxylic acids is 1. The van der Waals surface area contributed by atoms with E-state index in [1.807, 2.05) is 6.92 Å². The molecule has 2 atom stereocenters. The largest absolute Gasteiger partial charge is 0.481 e. The van der Waals surface area contributed by atoms with Gasteiger partial charge in [0.05, 0.1) is 12.0 Å². The highest BCUT2D eigenvalue weighted by atomic mass is 16.5. The minimum atomic E-state index is -0.829. The van der Waals surface area contributed by atoms with Crippen molar-refractivity contribution in [3.8, 4) is 0 Å². The van der Waals surface area contributed by atoms with Gasteiger partial charge in [-0.05, 0) is 13.3 Å². The molecule has 0 radical (unpaired) electrons. The number of nitrogens with zero attached hydrogens (tertiary/aromatic N) is 1. The molecule has 2 unspecified atom stereocenters. The summed E-state index contributed by atoms with van der Waals surface area (Å²) in [7, 11) is 0. The molecule has 0 aromatic rings. The maximum atomic E-state index is 11.9. The highest BCUT2D eigenvalue weighted by Crippen LogP contribution is 2.42. The molecule has 1 saturated carbocycles. The highest BCUT2D eigenvalue weighted by Gasteiger charge is 2.50. The number of rotatable bonds is 4. The second-order valence-electron chi connectivity index (χ2n) is 5.94. The molecule has 1 aliphatic heterocycles. The van der Waals surface area contributed by atoms with E-state index in [9.17, 15) is 9.59 Å². The average Bonchev–Trinajstić information content (AvgIpc) is 2.25. The summed E-state index contributed by atoms with van der Waals surface area (Å²) in [6, 6.07) is -0.0639. The molecule has 2 aliphatic rings. The summed E-state index contributed by atoms with van der Waals surface area (Å²) < 4.78 is 5.61. The summed E-state index contributed by atoms with van der Waals surface area (Å²) in [6.45, 7) is 7.43. The van der Waals surface area contributed by atoms with Gasteiger partial charge >= 0.3 is 12.0 Å². The smallest absolute Gasteiger partial charge is 0.317 e. The van der Waals surface area contributed by atoms with Crippen LogP contribution in [0.1, 0.15) is 27.2 Å². The number of nitrogens with one attached hydrogen (secondary N) is 1. The Labute approximate surface area is 113 Å². The molecule has 2 rings (SSSR count). The minimum Gasteiger partial charge on any atom is -0.481 e. The molecule has 108 valence electrons. The van der Waals surface area contributed by atoms with Crippen molar-refractivity contribution in [2.24, 2.45) is 11.3 Å². The summed E-state index contributed by atoms with van der Waals surface area (Å²) in [5.41, 5.74) is -0.0667. The van der Waals surface area contributed by atoms with Crippen LogP contribution in [0.3, 0.4) is 0 Å². The van der Waals surface area contributed by atoms with Gasteiger partial charge in [-0.1, -0.05) is 13.8 Å². The molecule has 6 heteroatoms. The lowest BCUT2D eigenvalue weighted by Gasteiger charge is -2.52. The van der Waals surface area contributed by atoms with Gasteiger partial charge in [-0.3, -0.25) is 4.79 Å². The molecule has 0 aromatic carbocycles. The van der Waals surface area contributed by atoms with Gasteiger partial charge < -0.3 is 20.1 Å². The fourth-order valence-corrected chi connectivity index (χ4v) is 2.66. The number of carboxylic acids is 1. The molecule has 1 heterocycles. The lowest BCUT2D eigenvalue weighted by molar-refractivity contribution is -0.146. The molecule has 2 amide bonds. The Kier molecular flexibility index (Phi) is 3.71. The maximum Gasteiger partial charge on any atom is 0.317 e. The van der Waals surface area contributed by atoms with Gasteiger partial charge in [-0.25, -0.2) is 4.79 Å². The van der Waals surface area contributed by atoms with Crippen molar-refractivity contribution in [3.05, 3.63) is 0 Å². The van der Waals surface area contributed by atoms with Crippen LogP contribution in [0, 0.1) is 11.3 Å². The molecular weight excluding hydrogens is 248 g/mol. The predicted octanol–water partition coefficient (Wildman–Crippen LogP) is 0.916. The molecule has 2 N–H and O–H groups in total. The van der Waals surface area contributed by atoms with Gasteiger partial charge in [0, 0.05) is 31.2 Å². The molecule has 0 spiro atoms. The minimum absolute atomic E-state index is 0.0667. The fraction of sp³-hybridized carbons (Fsp3) is 0.846. The number of likely N-dealkylation sites (tertiary alicyclic amines) is 1. The van der Waals surface area contributed by atoms with E-state index in [0.717, 1.165) is 6.42 Å². The molecule has 19 heavy (non-hydrogen) atoms. The Morgan fingerprint density at radius 1 is 1.42 bits per heavy atom. The third-order valence-corrected chi connectivity index (χ3v) is 4.36. The molecule has 0 bridgehead atoms. The number of hydrogen-bond donors (Lipinski definition) is 2. The number of hydrogen-bond acceptors (Lipinski definition) is 3.